The fourth-order valence-corrected chi connectivity index (χ4v) is 1.91. The predicted molar refractivity (Wildman–Crippen MR) is 71.1 cm³/mol. The summed E-state index contributed by atoms with van der Waals surface area (Å²) in [6.07, 6.45) is 4.95. The van der Waals surface area contributed by atoms with Gasteiger partial charge in [-0.3, -0.25) is 4.68 Å². The van der Waals surface area contributed by atoms with Crippen molar-refractivity contribution in [1.82, 2.24) is 9.78 Å². The molecule has 1 atom stereocenters. The average Bonchev–Trinajstić information content (AvgIpc) is 2.78. The molecule has 0 radical (unpaired) electrons. The Balaban J connectivity index is 1.91. The Labute approximate surface area is 102 Å². The molecule has 1 aromatic carbocycles. The molecule has 0 fully saturated rings. The summed E-state index contributed by atoms with van der Waals surface area (Å²) in [5.74, 6) is 0. The summed E-state index contributed by atoms with van der Waals surface area (Å²) in [4.78, 5) is 0. The summed E-state index contributed by atoms with van der Waals surface area (Å²) < 4.78 is 1.93. The summed E-state index contributed by atoms with van der Waals surface area (Å²) in [7, 11) is 0. The van der Waals surface area contributed by atoms with Crippen LogP contribution in [-0.4, -0.2) is 15.8 Å². The molecule has 2 aromatic rings. The largest absolute Gasteiger partial charge is 0.380 e. The predicted octanol–water partition coefficient (Wildman–Crippen LogP) is 2.95. The Bertz CT molecular complexity index is 448. The van der Waals surface area contributed by atoms with Crippen LogP contribution in [0, 0.1) is 0 Å². The van der Waals surface area contributed by atoms with Crippen LogP contribution in [0.1, 0.15) is 19.4 Å². The summed E-state index contributed by atoms with van der Waals surface area (Å²) in [6.45, 7) is 5.19. The first-order valence-corrected chi connectivity index (χ1v) is 6.11. The van der Waals surface area contributed by atoms with Gasteiger partial charge in [0.1, 0.15) is 0 Å². The second kappa shape index (κ2) is 5.53. The van der Waals surface area contributed by atoms with Gasteiger partial charge in [0.2, 0.25) is 0 Å². The van der Waals surface area contributed by atoms with Gasteiger partial charge < -0.3 is 5.32 Å². The third-order valence-corrected chi connectivity index (χ3v) is 2.76. The standard InChI is InChI=1S/C14H19N3/c1-3-17-11-14(10-15-17)16-12(2)9-13-7-5-4-6-8-13/h4-8,10-12,16H,3,9H2,1-2H3. The molecule has 2 rings (SSSR count). The van der Waals surface area contributed by atoms with E-state index in [1.54, 1.807) is 0 Å². The van der Waals surface area contributed by atoms with Crippen molar-refractivity contribution in [3.05, 3.63) is 48.3 Å². The average molecular weight is 229 g/mol. The lowest BCUT2D eigenvalue weighted by molar-refractivity contribution is 0.659. The number of aryl methyl sites for hydroxylation is 1. The molecule has 0 aliphatic rings. The van der Waals surface area contributed by atoms with Crippen molar-refractivity contribution in [3.63, 3.8) is 0 Å². The maximum absolute atomic E-state index is 4.25. The maximum atomic E-state index is 4.25. The highest BCUT2D eigenvalue weighted by Crippen LogP contribution is 2.10. The molecule has 0 spiro atoms. The molecule has 0 saturated carbocycles. The van der Waals surface area contributed by atoms with Gasteiger partial charge in [-0.1, -0.05) is 30.3 Å². The molecule has 3 nitrogen and oxygen atoms in total. The van der Waals surface area contributed by atoms with Crippen molar-refractivity contribution in [3.8, 4) is 0 Å². The number of rotatable bonds is 5. The van der Waals surface area contributed by atoms with Gasteiger partial charge in [-0.25, -0.2) is 0 Å². The van der Waals surface area contributed by atoms with Crippen LogP contribution in [0.4, 0.5) is 5.69 Å². The van der Waals surface area contributed by atoms with Crippen LogP contribution in [0.25, 0.3) is 0 Å². The van der Waals surface area contributed by atoms with Crippen LogP contribution >= 0.6 is 0 Å². The first-order valence-electron chi connectivity index (χ1n) is 6.11. The topological polar surface area (TPSA) is 29.9 Å². The van der Waals surface area contributed by atoms with E-state index in [1.807, 2.05) is 23.1 Å². The summed E-state index contributed by atoms with van der Waals surface area (Å²) >= 11 is 0. The summed E-state index contributed by atoms with van der Waals surface area (Å²) in [5.41, 5.74) is 2.45. The molecule has 0 amide bonds. The van der Waals surface area contributed by atoms with E-state index >= 15 is 0 Å². The van der Waals surface area contributed by atoms with Gasteiger partial charge in [-0.15, -0.1) is 0 Å². The number of aromatic nitrogens is 2. The highest BCUT2D eigenvalue weighted by Gasteiger charge is 2.04. The quantitative estimate of drug-likeness (QED) is 0.854. The SMILES string of the molecule is CCn1cc(NC(C)Cc2ccccc2)cn1. The number of nitrogens with zero attached hydrogens (tertiary/aromatic N) is 2. The van der Waals surface area contributed by atoms with Gasteiger partial charge in [-0.05, 0) is 25.8 Å². The van der Waals surface area contributed by atoms with E-state index in [9.17, 15) is 0 Å². The second-order valence-electron chi connectivity index (χ2n) is 4.32. The van der Waals surface area contributed by atoms with Gasteiger partial charge in [-0.2, -0.15) is 5.10 Å². The van der Waals surface area contributed by atoms with Gasteiger partial charge in [0, 0.05) is 18.8 Å². The molecule has 1 N–H and O–H groups in total. The molecule has 17 heavy (non-hydrogen) atoms. The Morgan fingerprint density at radius 2 is 2.06 bits per heavy atom. The molecule has 1 aromatic heterocycles. The summed E-state index contributed by atoms with van der Waals surface area (Å²) in [5, 5.41) is 7.71. The number of nitrogens with one attached hydrogen (secondary N) is 1. The molecule has 90 valence electrons. The number of benzene rings is 1. The number of hydrogen-bond donors (Lipinski definition) is 1. The van der Waals surface area contributed by atoms with Crippen LogP contribution in [0.2, 0.25) is 0 Å². The normalized spacial score (nSPS) is 12.4. The Hall–Kier alpha value is -1.77. The van der Waals surface area contributed by atoms with Crippen LogP contribution in [0.5, 0.6) is 0 Å². The molecule has 1 heterocycles. The van der Waals surface area contributed by atoms with Crippen LogP contribution in [-0.2, 0) is 13.0 Å². The van der Waals surface area contributed by atoms with E-state index in [0.717, 1.165) is 18.7 Å². The highest BCUT2D eigenvalue weighted by atomic mass is 15.3. The number of anilines is 1. The molecule has 0 aliphatic carbocycles. The van der Waals surface area contributed by atoms with E-state index in [1.165, 1.54) is 5.56 Å². The first kappa shape index (κ1) is 11.7. The first-order chi connectivity index (χ1) is 8.28. The third-order valence-electron chi connectivity index (χ3n) is 2.76. The fraction of sp³-hybridized carbons (Fsp3) is 0.357. The van der Waals surface area contributed by atoms with E-state index in [2.05, 4.69) is 48.5 Å². The summed E-state index contributed by atoms with van der Waals surface area (Å²) in [6, 6.07) is 10.9. The molecule has 0 bridgehead atoms. The van der Waals surface area contributed by atoms with Crippen molar-refractivity contribution in [1.29, 1.82) is 0 Å². The van der Waals surface area contributed by atoms with E-state index < -0.39 is 0 Å². The maximum Gasteiger partial charge on any atom is 0.0728 e. The molecule has 3 heteroatoms. The van der Waals surface area contributed by atoms with Gasteiger partial charge in [0.15, 0.2) is 0 Å². The zero-order chi connectivity index (χ0) is 12.1. The molecular formula is C14H19N3. The lowest BCUT2D eigenvalue weighted by atomic mass is 10.1. The van der Waals surface area contributed by atoms with Gasteiger partial charge in [0.05, 0.1) is 11.9 Å². The van der Waals surface area contributed by atoms with Crippen molar-refractivity contribution >= 4 is 5.69 Å². The fourth-order valence-electron chi connectivity index (χ4n) is 1.91. The van der Waals surface area contributed by atoms with Crippen molar-refractivity contribution in [2.45, 2.75) is 32.9 Å². The molecule has 1 unspecified atom stereocenters. The zero-order valence-electron chi connectivity index (χ0n) is 10.4. The minimum atomic E-state index is 0.409. The Morgan fingerprint density at radius 1 is 1.29 bits per heavy atom. The second-order valence-corrected chi connectivity index (χ2v) is 4.32. The van der Waals surface area contributed by atoms with Gasteiger partial charge in [0.25, 0.3) is 0 Å². The minimum absolute atomic E-state index is 0.409. The van der Waals surface area contributed by atoms with Crippen LogP contribution < -0.4 is 5.32 Å². The highest BCUT2D eigenvalue weighted by molar-refractivity contribution is 5.39. The Kier molecular flexibility index (Phi) is 3.81. The molecule has 0 saturated heterocycles. The van der Waals surface area contributed by atoms with E-state index in [0.29, 0.717) is 6.04 Å². The van der Waals surface area contributed by atoms with Crippen molar-refractivity contribution in [2.75, 3.05) is 5.32 Å². The van der Waals surface area contributed by atoms with E-state index in [4.69, 9.17) is 0 Å². The van der Waals surface area contributed by atoms with Gasteiger partial charge >= 0.3 is 0 Å². The molecule has 0 aliphatic heterocycles. The minimum Gasteiger partial charge on any atom is -0.380 e. The number of hydrogen-bond acceptors (Lipinski definition) is 2. The lowest BCUT2D eigenvalue weighted by Gasteiger charge is -2.13. The zero-order valence-corrected chi connectivity index (χ0v) is 10.4. The molecular weight excluding hydrogens is 210 g/mol. The monoisotopic (exact) mass is 229 g/mol. The third kappa shape index (κ3) is 3.34. The van der Waals surface area contributed by atoms with Crippen molar-refractivity contribution in [2.24, 2.45) is 0 Å². The lowest BCUT2D eigenvalue weighted by Crippen LogP contribution is -2.17. The Morgan fingerprint density at radius 3 is 2.71 bits per heavy atom. The smallest absolute Gasteiger partial charge is 0.0728 e. The van der Waals surface area contributed by atoms with Crippen LogP contribution in [0.15, 0.2) is 42.7 Å². The van der Waals surface area contributed by atoms with E-state index in [-0.39, 0.29) is 0 Å². The van der Waals surface area contributed by atoms with Crippen molar-refractivity contribution < 1.29 is 0 Å². The van der Waals surface area contributed by atoms with Crippen LogP contribution in [0.3, 0.4) is 0 Å².